The molecular weight excluding hydrogens is 360 g/mol. The van der Waals surface area contributed by atoms with Gasteiger partial charge in [0.15, 0.2) is 0 Å². The minimum absolute atomic E-state index is 1.22. The van der Waals surface area contributed by atoms with Crippen molar-refractivity contribution in [3.8, 4) is 0 Å². The Labute approximate surface area is 166 Å². The maximum atomic E-state index is 7.22. The van der Waals surface area contributed by atoms with Crippen LogP contribution in [-0.2, 0) is 29.8 Å². The van der Waals surface area contributed by atoms with Gasteiger partial charge in [-0.2, -0.15) is 0 Å². The van der Waals surface area contributed by atoms with Crippen molar-refractivity contribution in [1.29, 1.82) is 0 Å². The van der Waals surface area contributed by atoms with Crippen LogP contribution in [0.2, 0.25) is 13.1 Å². The maximum absolute atomic E-state index is 7.22. The van der Waals surface area contributed by atoms with Gasteiger partial charge in [-0.15, -0.1) is 0 Å². The average Bonchev–Trinajstić information content (AvgIpc) is 2.57. The summed E-state index contributed by atoms with van der Waals surface area (Å²) in [6.07, 6.45) is 9.29. The molecule has 4 rings (SSSR count). The first kappa shape index (κ1) is 18.7. The predicted octanol–water partition coefficient (Wildman–Crippen LogP) is 4.40. The monoisotopic (exact) mass is 390 g/mol. The molecule has 27 heavy (non-hydrogen) atoms. The summed E-state index contributed by atoms with van der Waals surface area (Å²) in [5.41, 5.74) is 10.8. The van der Waals surface area contributed by atoms with Crippen molar-refractivity contribution in [2.75, 3.05) is 0 Å². The third-order valence-electron chi connectivity index (χ3n) is 6.28. The van der Waals surface area contributed by atoms with Crippen LogP contribution in [0.3, 0.4) is 0 Å². The van der Waals surface area contributed by atoms with Gasteiger partial charge in [0.05, 0.1) is 0 Å². The quantitative estimate of drug-likeness (QED) is 0.665. The summed E-state index contributed by atoms with van der Waals surface area (Å²) < 4.78 is 7.22. The molecule has 2 unspecified atom stereocenters. The zero-order valence-corrected chi connectivity index (χ0v) is 19.0. The fourth-order valence-corrected chi connectivity index (χ4v) is 12.9. The first-order valence-electron chi connectivity index (χ1n) is 10.2. The van der Waals surface area contributed by atoms with Crippen LogP contribution in [0.4, 0.5) is 0 Å². The molecule has 0 saturated carbocycles. The van der Waals surface area contributed by atoms with Crippen LogP contribution in [0.5, 0.6) is 0 Å². The average molecular weight is 391 g/mol. The third-order valence-corrected chi connectivity index (χ3v) is 14.5. The summed E-state index contributed by atoms with van der Waals surface area (Å²) in [7, 11) is -4.37. The molecule has 0 aliphatic heterocycles. The number of fused-ring (bicyclic) bond motifs is 2. The molecule has 0 saturated heterocycles. The fraction of sp³-hybridized carbons (Fsp3) is 0.333. The van der Waals surface area contributed by atoms with Crippen molar-refractivity contribution in [2.45, 2.75) is 52.6 Å². The van der Waals surface area contributed by atoms with Crippen molar-refractivity contribution < 1.29 is 4.12 Å². The molecule has 2 aliphatic rings. The summed E-state index contributed by atoms with van der Waals surface area (Å²) in [4.78, 5) is 0. The molecule has 0 spiro atoms. The Balaban J connectivity index is 1.74. The number of allylic oxidation sites excluding steroid dienone is 2. The zero-order chi connectivity index (χ0) is 19.1. The Bertz CT molecular complexity index is 854. The van der Waals surface area contributed by atoms with Gasteiger partial charge >= 0.3 is 0 Å². The van der Waals surface area contributed by atoms with Gasteiger partial charge in [-0.05, 0) is 85.3 Å². The maximum Gasteiger partial charge on any atom is 0.234 e. The fourth-order valence-electron chi connectivity index (χ4n) is 4.46. The molecule has 2 aliphatic carbocycles. The lowest BCUT2D eigenvalue weighted by molar-refractivity contribution is 0.584. The molecule has 0 aromatic heterocycles. The molecule has 0 fully saturated rings. The molecule has 3 heteroatoms. The van der Waals surface area contributed by atoms with E-state index in [1.54, 1.807) is 0 Å². The van der Waals surface area contributed by atoms with Crippen LogP contribution in [0, 0.1) is 0 Å². The molecule has 1 nitrogen and oxygen atoms in total. The Kier molecular flexibility index (Phi) is 4.87. The van der Waals surface area contributed by atoms with Crippen LogP contribution < -0.4 is 10.4 Å². The summed E-state index contributed by atoms with van der Waals surface area (Å²) in [5, 5.41) is 2.82. The number of hydrogen-bond donors (Lipinski definition) is 0. The van der Waals surface area contributed by atoms with Crippen molar-refractivity contribution in [3.63, 3.8) is 0 Å². The summed E-state index contributed by atoms with van der Waals surface area (Å²) in [6, 6.07) is 14.2. The normalized spacial score (nSPS) is 19.7. The number of hydrogen-bond acceptors (Lipinski definition) is 1. The van der Waals surface area contributed by atoms with Crippen LogP contribution in [-0.4, -0.2) is 16.6 Å². The van der Waals surface area contributed by atoms with Crippen molar-refractivity contribution >= 4 is 27.0 Å². The molecule has 2 atom stereocenters. The van der Waals surface area contributed by atoms with E-state index in [4.69, 9.17) is 4.12 Å². The molecule has 0 heterocycles. The van der Waals surface area contributed by atoms with Crippen LogP contribution >= 0.6 is 0 Å². The standard InChI is InChI=1S/C24H30OSi2/c1-5-15-26(3,23-13-11-19-7-9-21(19)17-23)25-27(4,16-6-2)24-14-12-20-8-10-22(20)18-24/h5-6,11-18H,7-10H2,1-4H3. The van der Waals surface area contributed by atoms with Crippen molar-refractivity contribution in [3.05, 3.63) is 82.2 Å². The lowest BCUT2D eigenvalue weighted by atomic mass is 9.89. The van der Waals surface area contributed by atoms with Gasteiger partial charge < -0.3 is 4.12 Å². The second-order valence-corrected chi connectivity index (χ2v) is 15.3. The Morgan fingerprint density at radius 1 is 0.667 bits per heavy atom. The van der Waals surface area contributed by atoms with E-state index < -0.39 is 16.6 Å². The summed E-state index contributed by atoms with van der Waals surface area (Å²) in [6.45, 7) is 8.97. The van der Waals surface area contributed by atoms with Gasteiger partial charge in [0, 0.05) is 0 Å². The van der Waals surface area contributed by atoms with E-state index in [-0.39, 0.29) is 0 Å². The van der Waals surface area contributed by atoms with Gasteiger partial charge in [-0.1, -0.05) is 59.9 Å². The van der Waals surface area contributed by atoms with Gasteiger partial charge in [0.1, 0.15) is 0 Å². The Morgan fingerprint density at radius 2 is 1.07 bits per heavy atom. The zero-order valence-electron chi connectivity index (χ0n) is 17.0. The van der Waals surface area contributed by atoms with Gasteiger partial charge in [0.2, 0.25) is 16.6 Å². The van der Waals surface area contributed by atoms with Crippen molar-refractivity contribution in [1.82, 2.24) is 0 Å². The molecule has 140 valence electrons. The lowest BCUT2D eigenvalue weighted by Gasteiger charge is -2.37. The highest BCUT2D eigenvalue weighted by Crippen LogP contribution is 2.26. The first-order valence-corrected chi connectivity index (χ1v) is 15.2. The van der Waals surface area contributed by atoms with Gasteiger partial charge in [-0.3, -0.25) is 0 Å². The van der Waals surface area contributed by atoms with E-state index in [0.717, 1.165) is 0 Å². The third kappa shape index (κ3) is 3.33. The Morgan fingerprint density at radius 3 is 1.37 bits per heavy atom. The molecule has 0 radical (unpaired) electrons. The predicted molar refractivity (Wildman–Crippen MR) is 121 cm³/mol. The van der Waals surface area contributed by atoms with E-state index in [9.17, 15) is 0 Å². The topological polar surface area (TPSA) is 9.23 Å². The van der Waals surface area contributed by atoms with Gasteiger partial charge in [-0.25, -0.2) is 0 Å². The lowest BCUT2D eigenvalue weighted by Crippen LogP contribution is -2.59. The highest BCUT2D eigenvalue weighted by Gasteiger charge is 2.40. The number of benzene rings is 2. The molecule has 2 aromatic rings. The minimum Gasteiger partial charge on any atom is -0.443 e. The van der Waals surface area contributed by atoms with E-state index >= 15 is 0 Å². The van der Waals surface area contributed by atoms with E-state index in [1.807, 2.05) is 0 Å². The van der Waals surface area contributed by atoms with E-state index in [1.165, 1.54) is 58.3 Å². The van der Waals surface area contributed by atoms with Crippen LogP contribution in [0.15, 0.2) is 59.9 Å². The van der Waals surface area contributed by atoms with E-state index in [0.29, 0.717) is 0 Å². The second-order valence-electron chi connectivity index (χ2n) is 8.28. The molecular formula is C24H30OSi2. The summed E-state index contributed by atoms with van der Waals surface area (Å²) >= 11 is 0. The molecule has 0 N–H and O–H groups in total. The van der Waals surface area contributed by atoms with Gasteiger partial charge in [0.25, 0.3) is 0 Å². The second kappa shape index (κ2) is 7.04. The van der Waals surface area contributed by atoms with Crippen LogP contribution in [0.25, 0.3) is 0 Å². The largest absolute Gasteiger partial charge is 0.443 e. The SMILES string of the molecule is CC=C[Si](C)(O[Si](C)(C=CC)c1ccc2c(c1)CC2)c1ccc2c(c1)CC2. The molecule has 2 aromatic carbocycles. The highest BCUT2D eigenvalue weighted by molar-refractivity contribution is 7.02. The van der Waals surface area contributed by atoms with E-state index in [2.05, 4.69) is 86.9 Å². The summed E-state index contributed by atoms with van der Waals surface area (Å²) in [5.74, 6) is 0. The highest BCUT2D eigenvalue weighted by atomic mass is 28.4. The number of rotatable bonds is 6. The van der Waals surface area contributed by atoms with Crippen molar-refractivity contribution in [2.24, 2.45) is 0 Å². The smallest absolute Gasteiger partial charge is 0.234 e. The molecule has 0 amide bonds. The first-order chi connectivity index (χ1) is 13.0. The molecule has 0 bridgehead atoms. The Hall–Kier alpha value is -1.69. The minimum atomic E-state index is -2.18. The number of aryl methyl sites for hydroxylation is 4. The van der Waals surface area contributed by atoms with Crippen LogP contribution in [0.1, 0.15) is 36.1 Å².